The smallest absolute Gasteiger partial charge is 0.260 e. The molecule has 6 heteroatoms. The van der Waals surface area contributed by atoms with Gasteiger partial charge in [0.1, 0.15) is 24.2 Å². The number of carbonyl (C=O) groups excluding carboxylic acids is 1. The zero-order valence-electron chi connectivity index (χ0n) is 24.3. The van der Waals surface area contributed by atoms with Crippen molar-refractivity contribution in [3.8, 4) is 0 Å². The molecule has 0 N–H and O–H groups in total. The first-order chi connectivity index (χ1) is 20.5. The third-order valence-electron chi connectivity index (χ3n) is 8.82. The average Bonchev–Trinajstić information content (AvgIpc) is 3.65. The van der Waals surface area contributed by atoms with Crippen molar-refractivity contribution in [1.82, 2.24) is 23.8 Å². The first-order valence-corrected chi connectivity index (χ1v) is 14.7. The second kappa shape index (κ2) is 10.7. The molecule has 0 saturated carbocycles. The minimum atomic E-state index is 0.103. The predicted molar refractivity (Wildman–Crippen MR) is 172 cm³/mol. The van der Waals surface area contributed by atoms with Gasteiger partial charge in [-0.3, -0.25) is 9.36 Å². The van der Waals surface area contributed by atoms with Crippen molar-refractivity contribution in [3.05, 3.63) is 127 Å². The highest BCUT2D eigenvalue weighted by Crippen LogP contribution is 2.40. The van der Waals surface area contributed by atoms with Gasteiger partial charge in [-0.1, -0.05) is 84.9 Å². The summed E-state index contributed by atoms with van der Waals surface area (Å²) in [5.74, 6) is 1.14. The van der Waals surface area contributed by atoms with Crippen molar-refractivity contribution < 1.29 is 4.79 Å². The normalized spacial score (nSPS) is 19.3. The monoisotopic (exact) mass is 554 g/mol. The molecule has 1 unspecified atom stereocenters. The van der Waals surface area contributed by atoms with E-state index in [2.05, 4.69) is 126 Å². The zero-order valence-corrected chi connectivity index (χ0v) is 24.3. The minimum Gasteiger partial charge on any atom is -0.336 e. The van der Waals surface area contributed by atoms with Gasteiger partial charge < -0.3 is 9.80 Å². The van der Waals surface area contributed by atoms with E-state index >= 15 is 0 Å². The molecule has 4 aromatic carbocycles. The predicted octanol–water partition coefficient (Wildman–Crippen LogP) is 6.08. The molecular formula is C36H36N5O+. The van der Waals surface area contributed by atoms with E-state index in [1.807, 2.05) is 17.4 Å². The van der Waals surface area contributed by atoms with Crippen LogP contribution in [0.5, 0.6) is 0 Å². The number of aryl methyl sites for hydroxylation is 2. The number of aromatic nitrogens is 2. The lowest BCUT2D eigenvalue weighted by Gasteiger charge is -2.32. The first kappa shape index (κ1) is 26.4. The van der Waals surface area contributed by atoms with Crippen molar-refractivity contribution in [1.29, 1.82) is 0 Å². The number of likely N-dealkylation sites (N-methyl/N-ethyl adjacent to an activating group) is 1. The van der Waals surface area contributed by atoms with Gasteiger partial charge in [-0.15, -0.1) is 0 Å². The van der Waals surface area contributed by atoms with Crippen LogP contribution in [-0.2, 0) is 17.8 Å². The molecule has 1 atom stereocenters. The van der Waals surface area contributed by atoms with Crippen molar-refractivity contribution in [2.24, 2.45) is 0 Å². The fourth-order valence-corrected chi connectivity index (χ4v) is 6.40. The Bertz CT molecular complexity index is 1850. The van der Waals surface area contributed by atoms with Gasteiger partial charge in [0.15, 0.2) is 0 Å². The van der Waals surface area contributed by atoms with Crippen LogP contribution in [-0.4, -0.2) is 65.5 Å². The molecule has 1 fully saturated rings. The van der Waals surface area contributed by atoms with Crippen LogP contribution in [0, 0.1) is 0 Å². The number of nitrogens with zero attached hydrogens (tertiary/aromatic N) is 5. The van der Waals surface area contributed by atoms with Gasteiger partial charge in [0, 0.05) is 32.7 Å². The SMILES string of the molecule is CN1CCN(C(=O)C2=C[N+](C)(c3cncn3CCc3ccc4ccccc4c3)C=C2c2cccc3ccccc23)CC1. The molecule has 3 heterocycles. The van der Waals surface area contributed by atoms with Crippen molar-refractivity contribution in [2.45, 2.75) is 13.0 Å². The highest BCUT2D eigenvalue weighted by Gasteiger charge is 2.39. The average molecular weight is 555 g/mol. The minimum absolute atomic E-state index is 0.103. The molecule has 6 nitrogen and oxygen atoms in total. The van der Waals surface area contributed by atoms with Crippen molar-refractivity contribution in [2.75, 3.05) is 40.3 Å². The number of rotatable bonds is 6. The summed E-state index contributed by atoms with van der Waals surface area (Å²) in [4.78, 5) is 23.0. The third kappa shape index (κ3) is 4.83. The highest BCUT2D eigenvalue weighted by atomic mass is 16.2. The van der Waals surface area contributed by atoms with E-state index in [1.54, 1.807) is 0 Å². The van der Waals surface area contributed by atoms with Gasteiger partial charge in [0.05, 0.1) is 18.9 Å². The Hall–Kier alpha value is -4.52. The Labute approximate surface area is 247 Å². The van der Waals surface area contributed by atoms with Crippen LogP contribution in [0.1, 0.15) is 11.1 Å². The molecule has 0 aliphatic carbocycles. The van der Waals surface area contributed by atoms with Crippen molar-refractivity contribution >= 4 is 38.8 Å². The van der Waals surface area contributed by atoms with E-state index in [-0.39, 0.29) is 5.91 Å². The van der Waals surface area contributed by atoms with Gasteiger partial charge in [-0.25, -0.2) is 9.47 Å². The molecular weight excluding hydrogens is 518 g/mol. The van der Waals surface area contributed by atoms with Crippen LogP contribution in [0.3, 0.4) is 0 Å². The standard InChI is InChI=1S/C36H36N5O/c1-38-18-20-39(21-19-38)36(42)34-25-41(2,24-33(34)32-13-7-11-29-9-5-6-12-31(29)32)35-23-37-26-40(35)17-16-27-14-15-28-8-3-4-10-30(28)22-27/h3-15,22-26H,16-21H2,1-2H3/q+1. The molecule has 1 amide bonds. The molecule has 0 bridgehead atoms. The van der Waals surface area contributed by atoms with Gasteiger partial charge in [-0.2, -0.15) is 0 Å². The van der Waals surface area contributed by atoms with E-state index in [0.29, 0.717) is 4.48 Å². The molecule has 1 aromatic heterocycles. The molecule has 2 aliphatic rings. The number of fused-ring (bicyclic) bond motifs is 2. The lowest BCUT2D eigenvalue weighted by molar-refractivity contribution is -0.128. The molecule has 0 radical (unpaired) electrons. The van der Waals surface area contributed by atoms with E-state index in [4.69, 9.17) is 0 Å². The van der Waals surface area contributed by atoms with E-state index in [9.17, 15) is 4.79 Å². The summed E-state index contributed by atoms with van der Waals surface area (Å²) in [7, 11) is 4.27. The largest absolute Gasteiger partial charge is 0.336 e. The number of amides is 1. The van der Waals surface area contributed by atoms with Crippen LogP contribution in [0.2, 0.25) is 0 Å². The lowest BCUT2D eigenvalue weighted by Crippen LogP contribution is -2.47. The second-order valence-electron chi connectivity index (χ2n) is 11.7. The molecule has 0 spiro atoms. The maximum absolute atomic E-state index is 14.2. The maximum atomic E-state index is 14.2. The first-order valence-electron chi connectivity index (χ1n) is 14.7. The summed E-state index contributed by atoms with van der Waals surface area (Å²) in [5, 5.41) is 4.84. The Balaban J connectivity index is 1.26. The lowest BCUT2D eigenvalue weighted by atomic mass is 9.94. The summed E-state index contributed by atoms with van der Waals surface area (Å²) in [6, 6.07) is 30.0. The molecule has 2 aliphatic heterocycles. The number of hydrogen-bond acceptors (Lipinski definition) is 3. The highest BCUT2D eigenvalue weighted by molar-refractivity contribution is 6.14. The Morgan fingerprint density at radius 2 is 1.57 bits per heavy atom. The summed E-state index contributed by atoms with van der Waals surface area (Å²) in [6.07, 6.45) is 9.11. The van der Waals surface area contributed by atoms with E-state index in [1.165, 1.54) is 21.7 Å². The molecule has 1 saturated heterocycles. The number of imidazole rings is 1. The maximum Gasteiger partial charge on any atom is 0.260 e. The fourth-order valence-electron chi connectivity index (χ4n) is 6.40. The second-order valence-corrected chi connectivity index (χ2v) is 11.7. The topological polar surface area (TPSA) is 41.4 Å². The number of benzene rings is 4. The zero-order chi connectivity index (χ0) is 28.7. The van der Waals surface area contributed by atoms with Gasteiger partial charge in [0.25, 0.3) is 5.91 Å². The van der Waals surface area contributed by atoms with E-state index in [0.717, 1.165) is 67.1 Å². The molecule has 7 rings (SSSR count). The summed E-state index contributed by atoms with van der Waals surface area (Å²) < 4.78 is 2.61. The van der Waals surface area contributed by atoms with Gasteiger partial charge in [-0.05, 0) is 46.1 Å². The fraction of sp³-hybridized carbons (Fsp3) is 0.222. The number of quaternary nitrogens is 1. The molecule has 5 aromatic rings. The van der Waals surface area contributed by atoms with Crippen LogP contribution in [0.15, 0.2) is 115 Å². The van der Waals surface area contributed by atoms with Crippen LogP contribution in [0.4, 0.5) is 5.82 Å². The van der Waals surface area contributed by atoms with Crippen molar-refractivity contribution in [3.63, 3.8) is 0 Å². The molecule has 210 valence electrons. The third-order valence-corrected chi connectivity index (χ3v) is 8.82. The molecule has 42 heavy (non-hydrogen) atoms. The number of piperazine rings is 1. The summed E-state index contributed by atoms with van der Waals surface area (Å²) in [6.45, 7) is 4.06. The quantitative estimate of drug-likeness (QED) is 0.239. The van der Waals surface area contributed by atoms with Gasteiger partial charge in [0.2, 0.25) is 5.82 Å². The Morgan fingerprint density at radius 3 is 2.40 bits per heavy atom. The Morgan fingerprint density at radius 1 is 0.833 bits per heavy atom. The van der Waals surface area contributed by atoms with E-state index < -0.39 is 0 Å². The number of carbonyl (C=O) groups is 1. The van der Waals surface area contributed by atoms with Crippen LogP contribution >= 0.6 is 0 Å². The summed E-state index contributed by atoms with van der Waals surface area (Å²) >= 11 is 0. The van der Waals surface area contributed by atoms with Crippen LogP contribution < -0.4 is 4.48 Å². The number of hydrogen-bond donors (Lipinski definition) is 0. The van der Waals surface area contributed by atoms with Gasteiger partial charge >= 0.3 is 0 Å². The Kier molecular flexibility index (Phi) is 6.73. The van der Waals surface area contributed by atoms with Crippen LogP contribution in [0.25, 0.3) is 27.1 Å². The summed E-state index contributed by atoms with van der Waals surface area (Å²) in [5.41, 5.74) is 4.14.